The summed E-state index contributed by atoms with van der Waals surface area (Å²) in [4.78, 5) is 21.3. The van der Waals surface area contributed by atoms with Crippen LogP contribution in [0.4, 0.5) is 0 Å². The summed E-state index contributed by atoms with van der Waals surface area (Å²) >= 11 is 0. The molecule has 0 saturated heterocycles. The Balaban J connectivity index is 3.05. The van der Waals surface area contributed by atoms with Crippen molar-refractivity contribution in [1.29, 1.82) is 0 Å². The van der Waals surface area contributed by atoms with Crippen LogP contribution in [-0.4, -0.2) is 40.8 Å². The molecule has 0 aromatic heterocycles. The first-order chi connectivity index (χ1) is 8.49. The van der Waals surface area contributed by atoms with Crippen molar-refractivity contribution in [2.24, 2.45) is 0 Å². The molecular formula is C12H14O6. The molecule has 0 radical (unpaired) electrons. The average molecular weight is 254 g/mol. The molecule has 0 aliphatic heterocycles. The Morgan fingerprint density at radius 3 is 2.61 bits per heavy atom. The number of benzene rings is 1. The summed E-state index contributed by atoms with van der Waals surface area (Å²) in [6, 6.07) is 4.35. The predicted octanol–water partition coefficient (Wildman–Crippen LogP) is 0.377. The number of hydrogen-bond donors (Lipinski definition) is 3. The van der Waals surface area contributed by atoms with E-state index in [0.717, 1.165) is 0 Å². The van der Waals surface area contributed by atoms with Gasteiger partial charge in [0.15, 0.2) is 0 Å². The Morgan fingerprint density at radius 1 is 1.44 bits per heavy atom. The molecule has 6 nitrogen and oxygen atoms in total. The van der Waals surface area contributed by atoms with Crippen molar-refractivity contribution < 1.29 is 29.6 Å². The number of carboxylic acid groups (broad SMARTS) is 1. The highest BCUT2D eigenvalue weighted by atomic mass is 16.5. The van der Waals surface area contributed by atoms with Gasteiger partial charge in [0.05, 0.1) is 19.6 Å². The summed E-state index contributed by atoms with van der Waals surface area (Å²) < 4.78 is 4.94. The van der Waals surface area contributed by atoms with Crippen molar-refractivity contribution in [2.75, 3.05) is 7.11 Å². The van der Waals surface area contributed by atoms with E-state index in [9.17, 15) is 19.8 Å². The normalized spacial score (nSPS) is 13.7. The van der Waals surface area contributed by atoms with E-state index in [2.05, 4.69) is 0 Å². The number of aldehydes is 1. The standard InChI is InChI=1S/C12H14O6/c1-18-8-3-2-7(6-13)9(4-8)12(17)10(14)5-11(15)16/h2-4,6,10,12,14,17H,5H2,1H3,(H,15,16). The molecular weight excluding hydrogens is 240 g/mol. The Morgan fingerprint density at radius 2 is 2.11 bits per heavy atom. The van der Waals surface area contributed by atoms with Crippen LogP contribution in [0.2, 0.25) is 0 Å². The highest BCUT2D eigenvalue weighted by Crippen LogP contribution is 2.26. The molecule has 3 N–H and O–H groups in total. The molecule has 0 aliphatic rings. The fraction of sp³-hybridized carbons (Fsp3) is 0.333. The van der Waals surface area contributed by atoms with Crippen LogP contribution in [0.15, 0.2) is 18.2 Å². The van der Waals surface area contributed by atoms with E-state index >= 15 is 0 Å². The summed E-state index contributed by atoms with van der Waals surface area (Å²) in [6.07, 6.45) is -3.05. The fourth-order valence-corrected chi connectivity index (χ4v) is 1.54. The molecule has 0 fully saturated rings. The van der Waals surface area contributed by atoms with Crippen LogP contribution >= 0.6 is 0 Å². The Hall–Kier alpha value is -1.92. The maximum atomic E-state index is 10.8. The van der Waals surface area contributed by atoms with E-state index in [1.54, 1.807) is 0 Å². The number of carbonyl (C=O) groups is 2. The second kappa shape index (κ2) is 6.13. The number of rotatable bonds is 6. The molecule has 98 valence electrons. The zero-order valence-electron chi connectivity index (χ0n) is 9.74. The number of ether oxygens (including phenoxy) is 1. The largest absolute Gasteiger partial charge is 0.497 e. The van der Waals surface area contributed by atoms with Crippen molar-refractivity contribution in [3.05, 3.63) is 29.3 Å². The number of aliphatic carboxylic acids is 1. The van der Waals surface area contributed by atoms with E-state index in [0.29, 0.717) is 12.0 Å². The molecule has 6 heteroatoms. The minimum absolute atomic E-state index is 0.137. The van der Waals surface area contributed by atoms with Crippen molar-refractivity contribution >= 4 is 12.3 Å². The highest BCUT2D eigenvalue weighted by molar-refractivity contribution is 5.78. The number of aliphatic hydroxyl groups excluding tert-OH is 2. The lowest BCUT2D eigenvalue weighted by Crippen LogP contribution is -2.22. The van der Waals surface area contributed by atoms with Gasteiger partial charge >= 0.3 is 5.97 Å². The van der Waals surface area contributed by atoms with Crippen LogP contribution in [0.1, 0.15) is 28.4 Å². The maximum absolute atomic E-state index is 10.8. The first-order valence-electron chi connectivity index (χ1n) is 5.20. The van der Waals surface area contributed by atoms with E-state index in [-0.39, 0.29) is 11.1 Å². The van der Waals surface area contributed by atoms with Crippen LogP contribution in [0.5, 0.6) is 5.75 Å². The highest BCUT2D eigenvalue weighted by Gasteiger charge is 2.23. The minimum atomic E-state index is -1.49. The molecule has 1 aromatic rings. The predicted molar refractivity (Wildman–Crippen MR) is 61.6 cm³/mol. The summed E-state index contributed by atoms with van der Waals surface area (Å²) in [6.45, 7) is 0. The number of carboxylic acids is 1. The fourth-order valence-electron chi connectivity index (χ4n) is 1.54. The number of hydrogen-bond acceptors (Lipinski definition) is 5. The van der Waals surface area contributed by atoms with Crippen LogP contribution in [0.25, 0.3) is 0 Å². The number of carbonyl (C=O) groups excluding carboxylic acids is 1. The monoisotopic (exact) mass is 254 g/mol. The van der Waals surface area contributed by atoms with Gasteiger partial charge in [-0.1, -0.05) is 0 Å². The van der Waals surface area contributed by atoms with Gasteiger partial charge in [-0.25, -0.2) is 0 Å². The molecule has 18 heavy (non-hydrogen) atoms. The number of methoxy groups -OCH3 is 1. The first-order valence-corrected chi connectivity index (χ1v) is 5.20. The second-order valence-electron chi connectivity index (χ2n) is 3.72. The second-order valence-corrected chi connectivity index (χ2v) is 3.72. The van der Waals surface area contributed by atoms with Gasteiger partial charge < -0.3 is 20.1 Å². The van der Waals surface area contributed by atoms with E-state index < -0.39 is 24.6 Å². The molecule has 0 amide bonds. The third-order valence-electron chi connectivity index (χ3n) is 2.49. The van der Waals surface area contributed by atoms with E-state index in [1.165, 1.54) is 25.3 Å². The Labute approximate surface area is 103 Å². The van der Waals surface area contributed by atoms with Gasteiger partial charge in [-0.15, -0.1) is 0 Å². The molecule has 0 saturated carbocycles. The van der Waals surface area contributed by atoms with E-state index in [4.69, 9.17) is 9.84 Å². The van der Waals surface area contributed by atoms with Gasteiger partial charge in [0.2, 0.25) is 0 Å². The molecule has 2 unspecified atom stereocenters. The molecule has 0 spiro atoms. The zero-order valence-corrected chi connectivity index (χ0v) is 9.74. The van der Waals surface area contributed by atoms with Crippen molar-refractivity contribution in [2.45, 2.75) is 18.6 Å². The topological polar surface area (TPSA) is 104 Å². The van der Waals surface area contributed by atoms with Crippen LogP contribution in [-0.2, 0) is 4.79 Å². The van der Waals surface area contributed by atoms with Gasteiger partial charge in [-0.05, 0) is 23.8 Å². The van der Waals surface area contributed by atoms with Crippen LogP contribution in [0, 0.1) is 0 Å². The van der Waals surface area contributed by atoms with Gasteiger partial charge in [-0.3, -0.25) is 9.59 Å². The SMILES string of the molecule is COc1ccc(C=O)c(C(O)C(O)CC(=O)O)c1. The molecule has 0 heterocycles. The quantitative estimate of drug-likeness (QED) is 0.634. The average Bonchev–Trinajstić information content (AvgIpc) is 2.36. The van der Waals surface area contributed by atoms with Crippen molar-refractivity contribution in [1.82, 2.24) is 0 Å². The lowest BCUT2D eigenvalue weighted by atomic mass is 9.97. The molecule has 1 aromatic carbocycles. The van der Waals surface area contributed by atoms with Gasteiger partial charge in [0, 0.05) is 5.56 Å². The Kier molecular flexibility index (Phi) is 4.82. The third-order valence-corrected chi connectivity index (χ3v) is 2.49. The minimum Gasteiger partial charge on any atom is -0.497 e. The smallest absolute Gasteiger partial charge is 0.306 e. The molecule has 1 rings (SSSR count). The first kappa shape index (κ1) is 14.1. The van der Waals surface area contributed by atoms with Crippen molar-refractivity contribution in [3.63, 3.8) is 0 Å². The van der Waals surface area contributed by atoms with Crippen molar-refractivity contribution in [3.8, 4) is 5.75 Å². The third kappa shape index (κ3) is 3.28. The maximum Gasteiger partial charge on any atom is 0.306 e. The lowest BCUT2D eigenvalue weighted by Gasteiger charge is -2.18. The van der Waals surface area contributed by atoms with Gasteiger partial charge in [0.25, 0.3) is 0 Å². The summed E-state index contributed by atoms with van der Waals surface area (Å²) in [7, 11) is 1.42. The molecule has 0 bridgehead atoms. The van der Waals surface area contributed by atoms with Crippen LogP contribution < -0.4 is 4.74 Å². The van der Waals surface area contributed by atoms with Gasteiger partial charge in [0.1, 0.15) is 18.1 Å². The molecule has 2 atom stereocenters. The summed E-state index contributed by atoms with van der Waals surface area (Å²) in [5, 5.41) is 27.9. The van der Waals surface area contributed by atoms with Gasteiger partial charge in [-0.2, -0.15) is 0 Å². The number of aliphatic hydroxyl groups is 2. The molecule has 0 aliphatic carbocycles. The van der Waals surface area contributed by atoms with E-state index in [1.807, 2.05) is 0 Å². The summed E-state index contributed by atoms with van der Waals surface area (Å²) in [5.41, 5.74) is 0.311. The lowest BCUT2D eigenvalue weighted by molar-refractivity contribution is -0.141. The Bertz CT molecular complexity index is 442. The van der Waals surface area contributed by atoms with Crippen LogP contribution in [0.3, 0.4) is 0 Å². The zero-order chi connectivity index (χ0) is 13.7. The summed E-state index contributed by atoms with van der Waals surface area (Å²) in [5.74, 6) is -0.839.